The van der Waals surface area contributed by atoms with Crippen molar-refractivity contribution in [2.45, 2.75) is 32.0 Å². The van der Waals surface area contributed by atoms with Crippen molar-refractivity contribution in [2.24, 2.45) is 0 Å². The molecule has 0 bridgehead atoms. The predicted octanol–water partition coefficient (Wildman–Crippen LogP) is 4.11. The minimum Gasteiger partial charge on any atom is -0.416 e. The number of halogens is 3. The number of alkyl halides is 2. The highest BCUT2D eigenvalue weighted by Crippen LogP contribution is 2.36. The first kappa shape index (κ1) is 22.6. The lowest BCUT2D eigenvalue weighted by molar-refractivity contribution is -0.0528. The molecule has 4 rings (SSSR count). The molecule has 3 aromatic heterocycles. The van der Waals surface area contributed by atoms with Gasteiger partial charge in [-0.2, -0.15) is 13.9 Å². The Morgan fingerprint density at radius 1 is 1.09 bits per heavy atom. The van der Waals surface area contributed by atoms with Crippen LogP contribution >= 0.6 is 0 Å². The number of benzene rings is 1. The van der Waals surface area contributed by atoms with Gasteiger partial charge < -0.3 is 9.30 Å². The smallest absolute Gasteiger partial charge is 0.388 e. The van der Waals surface area contributed by atoms with Gasteiger partial charge in [0, 0.05) is 23.2 Å². The van der Waals surface area contributed by atoms with Crippen LogP contribution in [0.4, 0.5) is 13.2 Å². The second kappa shape index (κ2) is 8.77. The monoisotopic (exact) mass is 477 g/mol. The van der Waals surface area contributed by atoms with E-state index in [2.05, 4.69) is 24.9 Å². The molecule has 0 fully saturated rings. The molecule has 0 saturated heterocycles. The van der Waals surface area contributed by atoms with Crippen LogP contribution in [0.15, 0.2) is 47.9 Å². The average molecular weight is 477 g/mol. The van der Waals surface area contributed by atoms with Crippen LogP contribution in [0.3, 0.4) is 0 Å². The summed E-state index contributed by atoms with van der Waals surface area (Å²) < 4.78 is 71.5. The number of rotatable bonds is 7. The maximum absolute atomic E-state index is 14.8. The number of ether oxygens (including phenoxy) is 1. The van der Waals surface area contributed by atoms with Crippen LogP contribution in [0.1, 0.15) is 13.8 Å². The van der Waals surface area contributed by atoms with E-state index in [4.69, 9.17) is 0 Å². The first-order chi connectivity index (χ1) is 15.7. The van der Waals surface area contributed by atoms with Crippen molar-refractivity contribution >= 4 is 21.0 Å². The highest BCUT2D eigenvalue weighted by atomic mass is 32.2. The second-order valence-electron chi connectivity index (χ2n) is 6.94. The molecule has 0 aliphatic heterocycles. The number of aryl methyl sites for hydroxylation is 1. The van der Waals surface area contributed by atoms with Crippen molar-refractivity contribution in [3.63, 3.8) is 0 Å². The van der Waals surface area contributed by atoms with E-state index in [-0.39, 0.29) is 16.9 Å². The molecule has 3 heterocycles. The van der Waals surface area contributed by atoms with Crippen molar-refractivity contribution in [2.75, 3.05) is 5.75 Å². The molecule has 0 spiro atoms. The van der Waals surface area contributed by atoms with E-state index in [9.17, 15) is 21.6 Å². The summed E-state index contributed by atoms with van der Waals surface area (Å²) in [6, 6.07) is 6.41. The summed E-state index contributed by atoms with van der Waals surface area (Å²) in [7, 11) is -3.80. The lowest BCUT2D eigenvalue weighted by atomic mass is 9.99. The summed E-state index contributed by atoms with van der Waals surface area (Å²) >= 11 is 0. The Morgan fingerprint density at radius 2 is 1.88 bits per heavy atom. The topological polar surface area (TPSA) is 99.9 Å². The quantitative estimate of drug-likeness (QED) is 0.395. The van der Waals surface area contributed by atoms with E-state index in [1.807, 2.05) is 6.92 Å². The molecule has 0 radical (unpaired) electrons. The van der Waals surface area contributed by atoms with E-state index in [0.717, 1.165) is 12.1 Å². The van der Waals surface area contributed by atoms with Gasteiger partial charge in [-0.1, -0.05) is 13.0 Å². The standard InChI is InChI=1S/C21H18F3N5O3S/c1-3-29-11-25-18-15(10-26-28-19(18)29)12-5-7-16(22)14(9-12)13-6-8-17(33(30,31)4-2)27-20(13)32-21(23)24/h5-11,21H,3-4H2,1-2H3. The third kappa shape index (κ3) is 4.25. The summed E-state index contributed by atoms with van der Waals surface area (Å²) in [5, 5.41) is 7.64. The summed E-state index contributed by atoms with van der Waals surface area (Å²) in [6.45, 7) is 0.649. The third-order valence-corrected chi connectivity index (χ3v) is 6.67. The highest BCUT2D eigenvalue weighted by molar-refractivity contribution is 7.91. The third-order valence-electron chi connectivity index (χ3n) is 5.05. The summed E-state index contributed by atoms with van der Waals surface area (Å²) in [4.78, 5) is 8.10. The Hall–Kier alpha value is -3.54. The number of hydrogen-bond donors (Lipinski definition) is 0. The fourth-order valence-corrected chi connectivity index (χ4v) is 4.13. The Morgan fingerprint density at radius 3 is 2.58 bits per heavy atom. The molecule has 0 aliphatic rings. The zero-order chi connectivity index (χ0) is 23.8. The van der Waals surface area contributed by atoms with E-state index in [0.29, 0.717) is 28.8 Å². The van der Waals surface area contributed by atoms with E-state index < -0.39 is 33.2 Å². The SMILES string of the molecule is CCn1cnc2c(-c3ccc(F)c(-c4ccc(S(=O)(=O)CC)nc4OC(F)F)c3)cnnc21. The van der Waals surface area contributed by atoms with Crippen LogP contribution in [0.5, 0.6) is 5.88 Å². The molecule has 0 aliphatic carbocycles. The van der Waals surface area contributed by atoms with Gasteiger partial charge in [0.05, 0.1) is 18.3 Å². The maximum Gasteiger partial charge on any atom is 0.388 e. The van der Waals surface area contributed by atoms with Crippen molar-refractivity contribution in [3.05, 3.63) is 48.7 Å². The van der Waals surface area contributed by atoms with Crippen LogP contribution in [0.2, 0.25) is 0 Å². The number of pyridine rings is 1. The Balaban J connectivity index is 1.89. The molecule has 0 atom stereocenters. The number of nitrogens with zero attached hydrogens (tertiary/aromatic N) is 5. The zero-order valence-corrected chi connectivity index (χ0v) is 18.4. The Kier molecular flexibility index (Phi) is 6.02. The molecular formula is C21H18F3N5O3S. The largest absolute Gasteiger partial charge is 0.416 e. The summed E-state index contributed by atoms with van der Waals surface area (Å²) in [5.74, 6) is -1.71. The van der Waals surface area contributed by atoms with E-state index >= 15 is 0 Å². The van der Waals surface area contributed by atoms with Crippen LogP contribution in [0, 0.1) is 5.82 Å². The molecule has 12 heteroatoms. The molecule has 172 valence electrons. The van der Waals surface area contributed by atoms with Gasteiger partial charge in [-0.05, 0) is 36.8 Å². The molecule has 1 aromatic carbocycles. The van der Waals surface area contributed by atoms with Crippen molar-refractivity contribution < 1.29 is 26.3 Å². The second-order valence-corrected chi connectivity index (χ2v) is 9.16. The zero-order valence-electron chi connectivity index (χ0n) is 17.5. The highest BCUT2D eigenvalue weighted by Gasteiger charge is 2.22. The summed E-state index contributed by atoms with van der Waals surface area (Å²) in [5.41, 5.74) is 1.91. The molecule has 4 aromatic rings. The number of sulfone groups is 1. The predicted molar refractivity (Wildman–Crippen MR) is 114 cm³/mol. The number of imidazole rings is 1. The normalized spacial score (nSPS) is 11.9. The average Bonchev–Trinajstić information content (AvgIpc) is 3.22. The number of fused-ring (bicyclic) bond motifs is 1. The van der Waals surface area contributed by atoms with Crippen LogP contribution in [0.25, 0.3) is 33.4 Å². The number of aromatic nitrogens is 5. The van der Waals surface area contributed by atoms with Gasteiger partial charge in [0.25, 0.3) is 0 Å². The first-order valence-electron chi connectivity index (χ1n) is 9.90. The maximum atomic E-state index is 14.8. The first-order valence-corrected chi connectivity index (χ1v) is 11.6. The van der Waals surface area contributed by atoms with Gasteiger partial charge in [0.15, 0.2) is 20.5 Å². The number of hydrogen-bond acceptors (Lipinski definition) is 7. The Bertz CT molecular complexity index is 1440. The molecule has 0 unspecified atom stereocenters. The lowest BCUT2D eigenvalue weighted by Crippen LogP contribution is -2.10. The molecule has 0 saturated carbocycles. The Labute approximate surface area is 187 Å². The van der Waals surface area contributed by atoms with Crippen molar-refractivity contribution in [1.29, 1.82) is 0 Å². The van der Waals surface area contributed by atoms with E-state index in [1.165, 1.54) is 31.3 Å². The molecule has 8 nitrogen and oxygen atoms in total. The van der Waals surface area contributed by atoms with Crippen molar-refractivity contribution in [3.8, 4) is 28.1 Å². The molecule has 0 amide bonds. The van der Waals surface area contributed by atoms with Crippen molar-refractivity contribution in [1.82, 2.24) is 24.7 Å². The molecule has 33 heavy (non-hydrogen) atoms. The molecule has 0 N–H and O–H groups in total. The fraction of sp³-hybridized carbons (Fsp3) is 0.238. The minimum atomic E-state index is -3.80. The molecular weight excluding hydrogens is 459 g/mol. The van der Waals surface area contributed by atoms with E-state index in [1.54, 1.807) is 10.9 Å². The van der Waals surface area contributed by atoms with Gasteiger partial charge in [-0.25, -0.2) is 22.8 Å². The summed E-state index contributed by atoms with van der Waals surface area (Å²) in [6.07, 6.45) is 3.08. The van der Waals surface area contributed by atoms with Gasteiger partial charge >= 0.3 is 6.61 Å². The van der Waals surface area contributed by atoms with Gasteiger partial charge in [-0.3, -0.25) is 0 Å². The van der Waals surface area contributed by atoms with Crippen LogP contribution < -0.4 is 4.74 Å². The van der Waals surface area contributed by atoms with Crippen LogP contribution in [-0.4, -0.2) is 45.5 Å². The van der Waals surface area contributed by atoms with Gasteiger partial charge in [0.2, 0.25) is 5.88 Å². The van der Waals surface area contributed by atoms with Gasteiger partial charge in [0.1, 0.15) is 11.3 Å². The van der Waals surface area contributed by atoms with Crippen LogP contribution in [-0.2, 0) is 16.4 Å². The fourth-order valence-electron chi connectivity index (χ4n) is 3.34. The minimum absolute atomic E-state index is 0.101. The van der Waals surface area contributed by atoms with Gasteiger partial charge in [-0.15, -0.1) is 5.10 Å². The lowest BCUT2D eigenvalue weighted by Gasteiger charge is -2.13.